The van der Waals surface area contributed by atoms with Crippen molar-refractivity contribution in [3.63, 3.8) is 0 Å². The maximum absolute atomic E-state index is 12.3. The number of aliphatic hydroxyl groups excluding tert-OH is 1. The molecule has 3 N–H and O–H groups in total. The summed E-state index contributed by atoms with van der Waals surface area (Å²) in [6, 6.07) is 7.93. The lowest BCUT2D eigenvalue weighted by Gasteiger charge is -2.26. The van der Waals surface area contributed by atoms with E-state index in [9.17, 15) is 9.90 Å². The molecule has 0 aliphatic carbocycles. The number of carbonyl (C=O) groups is 1. The number of para-hydroxylation sites is 1. The van der Waals surface area contributed by atoms with Crippen LogP contribution in [0.2, 0.25) is 0 Å². The fourth-order valence-corrected chi connectivity index (χ4v) is 2.71. The van der Waals surface area contributed by atoms with E-state index in [1.165, 1.54) is 0 Å². The van der Waals surface area contributed by atoms with Gasteiger partial charge in [-0.1, -0.05) is 32.0 Å². The van der Waals surface area contributed by atoms with E-state index in [1.807, 2.05) is 24.3 Å². The zero-order valence-electron chi connectivity index (χ0n) is 12.2. The number of hydrogen-bond donors (Lipinski definition) is 3. The molecule has 4 heteroatoms. The van der Waals surface area contributed by atoms with Gasteiger partial charge in [0, 0.05) is 18.8 Å². The maximum atomic E-state index is 12.3. The molecule has 2 atom stereocenters. The zero-order valence-corrected chi connectivity index (χ0v) is 12.2. The van der Waals surface area contributed by atoms with Crippen molar-refractivity contribution in [1.29, 1.82) is 0 Å². The summed E-state index contributed by atoms with van der Waals surface area (Å²) in [5.74, 6) is 0.335. The van der Waals surface area contributed by atoms with Crippen molar-refractivity contribution < 1.29 is 9.90 Å². The Labute approximate surface area is 120 Å². The van der Waals surface area contributed by atoms with Crippen LogP contribution in [-0.2, 0) is 4.79 Å². The fourth-order valence-electron chi connectivity index (χ4n) is 2.71. The number of anilines is 1. The Morgan fingerprint density at radius 1 is 1.45 bits per heavy atom. The lowest BCUT2D eigenvalue weighted by molar-refractivity contribution is -0.123. The van der Waals surface area contributed by atoms with Crippen LogP contribution in [0.4, 0.5) is 5.69 Å². The van der Waals surface area contributed by atoms with Gasteiger partial charge in [0.15, 0.2) is 0 Å². The molecule has 1 aromatic carbocycles. The quantitative estimate of drug-likeness (QED) is 0.772. The summed E-state index contributed by atoms with van der Waals surface area (Å²) in [5.41, 5.74) is 2.09. The fraction of sp³-hybridized carbons (Fsp3) is 0.562. The molecule has 1 heterocycles. The molecule has 0 bridgehead atoms. The Hall–Kier alpha value is -1.55. The van der Waals surface area contributed by atoms with Crippen LogP contribution in [-0.4, -0.2) is 30.2 Å². The van der Waals surface area contributed by atoms with Crippen LogP contribution in [0.15, 0.2) is 24.3 Å². The number of fused-ring (bicyclic) bond motifs is 1. The molecule has 1 aliphatic rings. The molecule has 0 fully saturated rings. The minimum Gasteiger partial charge on any atom is -0.391 e. The minimum absolute atomic E-state index is 0.0155. The number of nitrogens with one attached hydrogen (secondary N) is 2. The highest BCUT2D eigenvalue weighted by atomic mass is 16.3. The summed E-state index contributed by atoms with van der Waals surface area (Å²) < 4.78 is 0. The molecule has 0 saturated heterocycles. The summed E-state index contributed by atoms with van der Waals surface area (Å²) in [4.78, 5) is 12.3. The molecule has 4 nitrogen and oxygen atoms in total. The second kappa shape index (κ2) is 6.75. The SMILES string of the molecule is CC(C)CC(O)CNC(=O)C1CCNc2ccccc21. The molecule has 20 heavy (non-hydrogen) atoms. The highest BCUT2D eigenvalue weighted by Crippen LogP contribution is 2.31. The Bertz CT molecular complexity index is 460. The number of aliphatic hydroxyl groups is 1. The number of amides is 1. The average Bonchev–Trinajstić information content (AvgIpc) is 2.43. The van der Waals surface area contributed by atoms with Crippen molar-refractivity contribution in [1.82, 2.24) is 5.32 Å². The molecule has 1 aromatic rings. The van der Waals surface area contributed by atoms with Gasteiger partial charge in [-0.3, -0.25) is 4.79 Å². The Kier molecular flexibility index (Phi) is 5.01. The van der Waals surface area contributed by atoms with Crippen LogP contribution in [0.25, 0.3) is 0 Å². The van der Waals surface area contributed by atoms with Crippen LogP contribution in [0.5, 0.6) is 0 Å². The van der Waals surface area contributed by atoms with E-state index < -0.39 is 6.10 Å². The van der Waals surface area contributed by atoms with E-state index in [1.54, 1.807) is 0 Å². The third-order valence-corrected chi connectivity index (χ3v) is 3.66. The van der Waals surface area contributed by atoms with Crippen molar-refractivity contribution in [2.45, 2.75) is 38.7 Å². The zero-order chi connectivity index (χ0) is 14.5. The summed E-state index contributed by atoms with van der Waals surface area (Å²) in [6.07, 6.45) is 1.04. The van der Waals surface area contributed by atoms with Gasteiger partial charge in [0.05, 0.1) is 12.0 Å². The first-order valence-corrected chi connectivity index (χ1v) is 7.36. The minimum atomic E-state index is -0.462. The first kappa shape index (κ1) is 14.9. The first-order chi connectivity index (χ1) is 9.58. The van der Waals surface area contributed by atoms with E-state index in [0.29, 0.717) is 18.9 Å². The topological polar surface area (TPSA) is 61.4 Å². The molecule has 1 amide bonds. The predicted molar refractivity (Wildman–Crippen MR) is 80.8 cm³/mol. The largest absolute Gasteiger partial charge is 0.391 e. The monoisotopic (exact) mass is 276 g/mol. The van der Waals surface area contributed by atoms with Crippen molar-refractivity contribution in [2.75, 3.05) is 18.4 Å². The number of benzene rings is 1. The van der Waals surface area contributed by atoms with Crippen molar-refractivity contribution in [3.8, 4) is 0 Å². The van der Waals surface area contributed by atoms with E-state index in [4.69, 9.17) is 0 Å². The van der Waals surface area contributed by atoms with Gasteiger partial charge in [0.2, 0.25) is 5.91 Å². The summed E-state index contributed by atoms with van der Waals surface area (Å²) >= 11 is 0. The number of hydrogen-bond acceptors (Lipinski definition) is 3. The lowest BCUT2D eigenvalue weighted by Crippen LogP contribution is -2.37. The predicted octanol–water partition coefficient (Wildman–Crippen LogP) is 2.11. The number of rotatable bonds is 5. The van der Waals surface area contributed by atoms with Gasteiger partial charge in [-0.15, -0.1) is 0 Å². The standard InChI is InChI=1S/C16H24N2O2/c1-11(2)9-12(19)10-18-16(20)14-7-8-17-15-6-4-3-5-13(14)15/h3-6,11-12,14,17,19H,7-10H2,1-2H3,(H,18,20). The van der Waals surface area contributed by atoms with E-state index >= 15 is 0 Å². The lowest BCUT2D eigenvalue weighted by atomic mass is 9.90. The first-order valence-electron chi connectivity index (χ1n) is 7.36. The molecule has 0 aromatic heterocycles. The third-order valence-electron chi connectivity index (χ3n) is 3.66. The molecule has 0 spiro atoms. The van der Waals surface area contributed by atoms with Gasteiger partial charge in [-0.2, -0.15) is 0 Å². The molecular formula is C16H24N2O2. The Morgan fingerprint density at radius 3 is 2.95 bits per heavy atom. The van der Waals surface area contributed by atoms with E-state index in [2.05, 4.69) is 24.5 Å². The smallest absolute Gasteiger partial charge is 0.227 e. The molecule has 0 saturated carbocycles. The molecule has 2 unspecified atom stereocenters. The highest BCUT2D eigenvalue weighted by Gasteiger charge is 2.26. The number of carbonyl (C=O) groups excluding carboxylic acids is 1. The second-order valence-electron chi connectivity index (χ2n) is 5.88. The van der Waals surface area contributed by atoms with Gasteiger partial charge < -0.3 is 15.7 Å². The van der Waals surface area contributed by atoms with Crippen molar-refractivity contribution in [2.24, 2.45) is 5.92 Å². The van der Waals surface area contributed by atoms with Crippen LogP contribution in [0.3, 0.4) is 0 Å². The van der Waals surface area contributed by atoms with Gasteiger partial charge in [-0.05, 0) is 30.4 Å². The molecule has 1 aliphatic heterocycles. The third kappa shape index (κ3) is 3.73. The van der Waals surface area contributed by atoms with Gasteiger partial charge >= 0.3 is 0 Å². The van der Waals surface area contributed by atoms with Crippen LogP contribution < -0.4 is 10.6 Å². The van der Waals surface area contributed by atoms with E-state index in [0.717, 1.165) is 24.2 Å². The van der Waals surface area contributed by atoms with Crippen LogP contribution >= 0.6 is 0 Å². The highest BCUT2D eigenvalue weighted by molar-refractivity contribution is 5.86. The maximum Gasteiger partial charge on any atom is 0.227 e. The van der Waals surface area contributed by atoms with Crippen LogP contribution in [0.1, 0.15) is 38.2 Å². The van der Waals surface area contributed by atoms with E-state index in [-0.39, 0.29) is 11.8 Å². The second-order valence-corrected chi connectivity index (χ2v) is 5.88. The average molecular weight is 276 g/mol. The van der Waals surface area contributed by atoms with Gasteiger partial charge in [-0.25, -0.2) is 0 Å². The van der Waals surface area contributed by atoms with Crippen molar-refractivity contribution >= 4 is 11.6 Å². The van der Waals surface area contributed by atoms with Crippen LogP contribution in [0, 0.1) is 5.92 Å². The normalized spacial score (nSPS) is 19.1. The Morgan fingerprint density at radius 2 is 2.20 bits per heavy atom. The molecular weight excluding hydrogens is 252 g/mol. The summed E-state index contributed by atoms with van der Waals surface area (Å²) in [6.45, 7) is 5.27. The molecule has 110 valence electrons. The summed E-state index contributed by atoms with van der Waals surface area (Å²) in [5, 5.41) is 16.0. The van der Waals surface area contributed by atoms with Crippen molar-refractivity contribution in [3.05, 3.63) is 29.8 Å². The summed E-state index contributed by atoms with van der Waals surface area (Å²) in [7, 11) is 0. The Balaban J connectivity index is 1.94. The van der Waals surface area contributed by atoms with Gasteiger partial charge in [0.1, 0.15) is 0 Å². The molecule has 2 rings (SSSR count). The van der Waals surface area contributed by atoms with Gasteiger partial charge in [0.25, 0.3) is 0 Å². The molecule has 0 radical (unpaired) electrons.